The fraction of sp³-hybridized carbons (Fsp3) is 0.0435. The summed E-state index contributed by atoms with van der Waals surface area (Å²) in [4.78, 5) is 19.5. The number of halogens is 1. The van der Waals surface area contributed by atoms with Gasteiger partial charge in [0.15, 0.2) is 0 Å². The first kappa shape index (κ1) is 18.0. The van der Waals surface area contributed by atoms with Crippen LogP contribution in [-0.4, -0.2) is 18.9 Å². The van der Waals surface area contributed by atoms with Crippen molar-refractivity contribution < 1.29 is 9.53 Å². The van der Waals surface area contributed by atoms with Gasteiger partial charge in [-0.05, 0) is 48.0 Å². The van der Waals surface area contributed by atoms with Crippen molar-refractivity contribution >= 4 is 35.1 Å². The van der Waals surface area contributed by atoms with Gasteiger partial charge in [0.05, 0.1) is 12.8 Å². The molecule has 0 atom stereocenters. The van der Waals surface area contributed by atoms with Crippen molar-refractivity contribution in [1.29, 1.82) is 0 Å². The van der Waals surface area contributed by atoms with Crippen LogP contribution in [0.25, 0.3) is 6.08 Å². The number of carbonyl (C=O) groups excluding carboxylic acids is 1. The molecule has 138 valence electrons. The lowest BCUT2D eigenvalue weighted by Crippen LogP contribution is -2.32. The maximum Gasteiger partial charge on any atom is 0.282 e. The monoisotopic (exact) mass is 388 g/mol. The van der Waals surface area contributed by atoms with E-state index < -0.39 is 0 Å². The summed E-state index contributed by atoms with van der Waals surface area (Å²) in [6, 6.07) is 24.3. The van der Waals surface area contributed by atoms with E-state index in [1.54, 1.807) is 30.2 Å². The van der Waals surface area contributed by atoms with Gasteiger partial charge in [0.2, 0.25) is 0 Å². The molecule has 0 fully saturated rings. The second kappa shape index (κ2) is 7.71. The number of amidine groups is 1. The molecule has 0 unspecified atom stereocenters. The van der Waals surface area contributed by atoms with Crippen LogP contribution in [0.5, 0.6) is 5.75 Å². The molecule has 0 N–H and O–H groups in total. The molecule has 3 aromatic rings. The van der Waals surface area contributed by atoms with Crippen molar-refractivity contribution in [3.63, 3.8) is 0 Å². The maximum atomic E-state index is 13.2. The second-order valence-electron chi connectivity index (χ2n) is 6.22. The van der Waals surface area contributed by atoms with E-state index in [4.69, 9.17) is 16.3 Å². The van der Waals surface area contributed by atoms with Crippen LogP contribution < -0.4 is 9.64 Å². The van der Waals surface area contributed by atoms with Crippen LogP contribution in [0.15, 0.2) is 89.6 Å². The second-order valence-corrected chi connectivity index (χ2v) is 6.66. The number of amides is 1. The standard InChI is InChI=1S/C23H17ClN2O2/c1-28-20-13-11-19(12-14-20)26-22(17-5-3-2-4-6-17)25-21(23(26)27)15-16-7-9-18(24)10-8-16/h2-15H,1H3/b21-15+. The molecule has 5 heteroatoms. The first-order chi connectivity index (χ1) is 13.7. The number of methoxy groups -OCH3 is 1. The average Bonchev–Trinajstić information content (AvgIpc) is 3.06. The molecule has 3 aromatic carbocycles. The predicted octanol–water partition coefficient (Wildman–Crippen LogP) is 5.18. The maximum absolute atomic E-state index is 13.2. The Hall–Kier alpha value is -3.37. The Morgan fingerprint density at radius 3 is 2.25 bits per heavy atom. The summed E-state index contributed by atoms with van der Waals surface area (Å²) >= 11 is 5.95. The van der Waals surface area contributed by atoms with Gasteiger partial charge in [-0.25, -0.2) is 4.99 Å². The molecular formula is C23H17ClN2O2. The van der Waals surface area contributed by atoms with Gasteiger partial charge < -0.3 is 4.74 Å². The molecule has 1 aliphatic heterocycles. The van der Waals surface area contributed by atoms with E-state index >= 15 is 0 Å². The van der Waals surface area contributed by atoms with Crippen molar-refractivity contribution in [3.05, 3.63) is 101 Å². The summed E-state index contributed by atoms with van der Waals surface area (Å²) in [5, 5.41) is 0.647. The molecule has 0 bridgehead atoms. The Morgan fingerprint density at radius 1 is 0.929 bits per heavy atom. The van der Waals surface area contributed by atoms with Crippen LogP contribution in [0.2, 0.25) is 5.02 Å². The first-order valence-corrected chi connectivity index (χ1v) is 9.13. The van der Waals surface area contributed by atoms with Crippen molar-refractivity contribution in [2.75, 3.05) is 12.0 Å². The van der Waals surface area contributed by atoms with E-state index in [0.29, 0.717) is 16.6 Å². The third-order valence-corrected chi connectivity index (χ3v) is 4.65. The van der Waals surface area contributed by atoms with Gasteiger partial charge in [-0.15, -0.1) is 0 Å². The number of hydrogen-bond donors (Lipinski definition) is 0. The molecule has 0 saturated carbocycles. The summed E-state index contributed by atoms with van der Waals surface area (Å²) in [6.45, 7) is 0. The highest BCUT2D eigenvalue weighted by Crippen LogP contribution is 2.29. The molecule has 0 aliphatic carbocycles. The van der Waals surface area contributed by atoms with Crippen LogP contribution >= 0.6 is 11.6 Å². The molecule has 4 nitrogen and oxygen atoms in total. The van der Waals surface area contributed by atoms with Crippen molar-refractivity contribution in [3.8, 4) is 5.75 Å². The molecule has 1 amide bonds. The van der Waals surface area contributed by atoms with E-state index in [2.05, 4.69) is 4.99 Å². The van der Waals surface area contributed by atoms with Crippen LogP contribution in [0.1, 0.15) is 11.1 Å². The van der Waals surface area contributed by atoms with E-state index in [9.17, 15) is 4.79 Å². The lowest BCUT2D eigenvalue weighted by atomic mass is 10.1. The minimum Gasteiger partial charge on any atom is -0.497 e. The number of benzene rings is 3. The number of ether oxygens (including phenoxy) is 1. The number of carbonyl (C=O) groups is 1. The lowest BCUT2D eigenvalue weighted by molar-refractivity contribution is -0.113. The van der Waals surface area contributed by atoms with Gasteiger partial charge in [-0.3, -0.25) is 9.69 Å². The number of rotatable bonds is 4. The molecule has 0 radical (unpaired) electrons. The Morgan fingerprint density at radius 2 is 1.61 bits per heavy atom. The van der Waals surface area contributed by atoms with Crippen molar-refractivity contribution in [2.24, 2.45) is 4.99 Å². The normalized spacial score (nSPS) is 15.1. The predicted molar refractivity (Wildman–Crippen MR) is 113 cm³/mol. The SMILES string of the molecule is COc1ccc(N2C(=O)/C(=C\c3ccc(Cl)cc3)N=C2c2ccccc2)cc1. The summed E-state index contributed by atoms with van der Waals surface area (Å²) in [6.07, 6.45) is 1.77. The third-order valence-electron chi connectivity index (χ3n) is 4.40. The smallest absolute Gasteiger partial charge is 0.282 e. The summed E-state index contributed by atoms with van der Waals surface area (Å²) < 4.78 is 5.22. The highest BCUT2D eigenvalue weighted by molar-refractivity contribution is 6.33. The zero-order valence-corrected chi connectivity index (χ0v) is 15.9. The van der Waals surface area contributed by atoms with E-state index in [1.165, 1.54) is 0 Å². The van der Waals surface area contributed by atoms with Crippen LogP contribution in [-0.2, 0) is 4.79 Å². The largest absolute Gasteiger partial charge is 0.497 e. The Bertz CT molecular complexity index is 1060. The number of nitrogens with zero attached hydrogens (tertiary/aromatic N) is 2. The molecule has 0 saturated heterocycles. The molecule has 1 heterocycles. The third kappa shape index (κ3) is 3.55. The van der Waals surface area contributed by atoms with E-state index in [0.717, 1.165) is 22.6 Å². The van der Waals surface area contributed by atoms with Gasteiger partial charge in [0.25, 0.3) is 5.91 Å². The number of hydrogen-bond acceptors (Lipinski definition) is 3. The first-order valence-electron chi connectivity index (χ1n) is 8.75. The fourth-order valence-electron chi connectivity index (χ4n) is 2.99. The number of anilines is 1. The molecule has 28 heavy (non-hydrogen) atoms. The highest BCUT2D eigenvalue weighted by Gasteiger charge is 2.32. The molecule has 4 rings (SSSR count). The number of aliphatic imine (C=N–C) groups is 1. The highest BCUT2D eigenvalue weighted by atomic mass is 35.5. The zero-order chi connectivity index (χ0) is 19.5. The van der Waals surface area contributed by atoms with Crippen LogP contribution in [0.3, 0.4) is 0 Å². The van der Waals surface area contributed by atoms with E-state index in [-0.39, 0.29) is 5.91 Å². The van der Waals surface area contributed by atoms with Gasteiger partial charge in [-0.2, -0.15) is 0 Å². The Balaban J connectivity index is 1.79. The van der Waals surface area contributed by atoms with Crippen LogP contribution in [0.4, 0.5) is 5.69 Å². The van der Waals surface area contributed by atoms with E-state index in [1.807, 2.05) is 66.7 Å². The van der Waals surface area contributed by atoms with Crippen molar-refractivity contribution in [2.45, 2.75) is 0 Å². The topological polar surface area (TPSA) is 41.9 Å². The van der Waals surface area contributed by atoms with Crippen LogP contribution in [0, 0.1) is 0 Å². The van der Waals surface area contributed by atoms with Gasteiger partial charge in [-0.1, -0.05) is 54.1 Å². The van der Waals surface area contributed by atoms with Crippen molar-refractivity contribution in [1.82, 2.24) is 0 Å². The fourth-order valence-corrected chi connectivity index (χ4v) is 3.11. The average molecular weight is 389 g/mol. The van der Waals surface area contributed by atoms with Gasteiger partial charge in [0, 0.05) is 10.6 Å². The Labute approximate surface area is 168 Å². The lowest BCUT2D eigenvalue weighted by Gasteiger charge is -2.18. The zero-order valence-electron chi connectivity index (χ0n) is 15.2. The minimum atomic E-state index is -0.182. The summed E-state index contributed by atoms with van der Waals surface area (Å²) in [5.74, 6) is 1.14. The van der Waals surface area contributed by atoms with Gasteiger partial charge >= 0.3 is 0 Å². The molecule has 0 aromatic heterocycles. The Kier molecular flexibility index (Phi) is 4.96. The quantitative estimate of drug-likeness (QED) is 0.577. The van der Waals surface area contributed by atoms with Gasteiger partial charge in [0.1, 0.15) is 17.3 Å². The molecule has 0 spiro atoms. The molecular weight excluding hydrogens is 372 g/mol. The minimum absolute atomic E-state index is 0.182. The molecule has 1 aliphatic rings. The summed E-state index contributed by atoms with van der Waals surface area (Å²) in [7, 11) is 1.61. The summed E-state index contributed by atoms with van der Waals surface area (Å²) in [5.41, 5.74) is 2.83.